The van der Waals surface area contributed by atoms with Crippen molar-refractivity contribution in [3.63, 3.8) is 0 Å². The van der Waals surface area contributed by atoms with E-state index < -0.39 is 23.3 Å². The summed E-state index contributed by atoms with van der Waals surface area (Å²) >= 11 is 7.80. The van der Waals surface area contributed by atoms with Gasteiger partial charge in [0.1, 0.15) is 6.61 Å². The van der Waals surface area contributed by atoms with E-state index >= 15 is 0 Å². The molecule has 4 rings (SSSR count). The first-order valence-corrected chi connectivity index (χ1v) is 12.7. The average Bonchev–Trinajstić information content (AvgIpc) is 3.28. The highest BCUT2D eigenvalue weighted by Gasteiger charge is 2.47. The maximum absolute atomic E-state index is 12.8. The van der Waals surface area contributed by atoms with Crippen LogP contribution in [0.15, 0.2) is 42.5 Å². The number of halogens is 1. The third-order valence-corrected chi connectivity index (χ3v) is 8.00. The van der Waals surface area contributed by atoms with Crippen LogP contribution in [0.3, 0.4) is 0 Å². The Morgan fingerprint density at radius 3 is 2.56 bits per heavy atom. The predicted molar refractivity (Wildman–Crippen MR) is 140 cm³/mol. The van der Waals surface area contributed by atoms with Gasteiger partial charge in [0.2, 0.25) is 11.8 Å². The van der Waals surface area contributed by atoms with Gasteiger partial charge < -0.3 is 21.1 Å². The molecule has 5 N–H and O–H groups in total. The van der Waals surface area contributed by atoms with Crippen molar-refractivity contribution in [2.45, 2.75) is 25.7 Å². The van der Waals surface area contributed by atoms with Gasteiger partial charge in [0.25, 0.3) is 0 Å². The Bertz CT molecular complexity index is 1290. The first-order valence-electron chi connectivity index (χ1n) is 11.6. The summed E-state index contributed by atoms with van der Waals surface area (Å²) in [5, 5.41) is 3.51. The third kappa shape index (κ3) is 5.30. The highest BCUT2D eigenvalue weighted by Crippen LogP contribution is 2.46. The number of benzene rings is 2. The summed E-state index contributed by atoms with van der Waals surface area (Å²) in [6.45, 7) is 2.47. The molecule has 1 unspecified atom stereocenters. The SMILES string of the molecule is Cc1cccc2sc(NC(=O)OCC3(C(C(N)=O)c4ccccc4Cl)CCN(C(=O)CN)CC3)nc12. The van der Waals surface area contributed by atoms with Crippen LogP contribution in [0, 0.1) is 12.3 Å². The second-order valence-corrected chi connectivity index (χ2v) is 10.4. The molecule has 2 heterocycles. The minimum Gasteiger partial charge on any atom is -0.449 e. The van der Waals surface area contributed by atoms with Gasteiger partial charge in [0, 0.05) is 23.5 Å². The van der Waals surface area contributed by atoms with E-state index in [0.29, 0.717) is 41.6 Å². The number of fused-ring (bicyclic) bond motifs is 1. The number of piperidine rings is 1. The van der Waals surface area contributed by atoms with Gasteiger partial charge in [-0.15, -0.1) is 0 Å². The lowest BCUT2D eigenvalue weighted by Crippen LogP contribution is -2.51. The van der Waals surface area contributed by atoms with Crippen molar-refractivity contribution < 1.29 is 19.1 Å². The summed E-state index contributed by atoms with van der Waals surface area (Å²) in [6, 6.07) is 12.8. The number of ether oxygens (including phenoxy) is 1. The Morgan fingerprint density at radius 2 is 1.92 bits per heavy atom. The second-order valence-electron chi connectivity index (χ2n) is 8.95. The summed E-state index contributed by atoms with van der Waals surface area (Å²) in [7, 11) is 0. The molecule has 9 nitrogen and oxygen atoms in total. The van der Waals surface area contributed by atoms with E-state index in [0.717, 1.165) is 15.8 Å². The van der Waals surface area contributed by atoms with Crippen LogP contribution in [0.25, 0.3) is 10.2 Å². The van der Waals surface area contributed by atoms with Gasteiger partial charge in [0.15, 0.2) is 5.13 Å². The molecule has 1 aliphatic rings. The Hall–Kier alpha value is -3.21. The van der Waals surface area contributed by atoms with Gasteiger partial charge in [-0.2, -0.15) is 0 Å². The molecular formula is C25H28ClN5O4S. The highest BCUT2D eigenvalue weighted by atomic mass is 35.5. The molecule has 190 valence electrons. The molecule has 1 saturated heterocycles. The third-order valence-electron chi connectivity index (χ3n) is 6.72. The lowest BCUT2D eigenvalue weighted by molar-refractivity contribution is -0.134. The average molecular weight is 530 g/mol. The number of nitrogens with zero attached hydrogens (tertiary/aromatic N) is 2. The van der Waals surface area contributed by atoms with Gasteiger partial charge in [0.05, 0.1) is 22.7 Å². The van der Waals surface area contributed by atoms with Crippen molar-refractivity contribution in [3.05, 3.63) is 58.6 Å². The topological polar surface area (TPSA) is 141 Å². The lowest BCUT2D eigenvalue weighted by Gasteiger charge is -2.45. The van der Waals surface area contributed by atoms with Crippen LogP contribution in [0.5, 0.6) is 0 Å². The van der Waals surface area contributed by atoms with Crippen LogP contribution >= 0.6 is 22.9 Å². The molecule has 0 radical (unpaired) electrons. The van der Waals surface area contributed by atoms with Crippen molar-refractivity contribution in [2.24, 2.45) is 16.9 Å². The minimum atomic E-state index is -0.857. The zero-order valence-corrected chi connectivity index (χ0v) is 21.4. The number of carbonyl (C=O) groups is 3. The molecule has 0 aliphatic carbocycles. The molecule has 1 fully saturated rings. The van der Waals surface area contributed by atoms with E-state index in [1.54, 1.807) is 29.2 Å². The van der Waals surface area contributed by atoms with Crippen LogP contribution in [0.1, 0.15) is 29.9 Å². The number of hydrogen-bond donors (Lipinski definition) is 3. The maximum Gasteiger partial charge on any atom is 0.413 e. The van der Waals surface area contributed by atoms with Crippen molar-refractivity contribution in [2.75, 3.05) is 31.6 Å². The predicted octanol–water partition coefficient (Wildman–Crippen LogP) is 3.64. The van der Waals surface area contributed by atoms with Crippen LogP contribution in [-0.4, -0.2) is 54.0 Å². The number of rotatable bonds is 7. The zero-order valence-electron chi connectivity index (χ0n) is 19.8. The summed E-state index contributed by atoms with van der Waals surface area (Å²) in [5.41, 5.74) is 13.0. The van der Waals surface area contributed by atoms with E-state index in [9.17, 15) is 14.4 Å². The molecule has 1 atom stereocenters. The Kier molecular flexibility index (Phi) is 7.77. The van der Waals surface area contributed by atoms with Crippen molar-refractivity contribution >= 4 is 56.2 Å². The number of thiazole rings is 1. The largest absolute Gasteiger partial charge is 0.449 e. The number of aromatic nitrogens is 1. The number of likely N-dealkylation sites (tertiary alicyclic amines) is 1. The van der Waals surface area contributed by atoms with Crippen LogP contribution < -0.4 is 16.8 Å². The van der Waals surface area contributed by atoms with E-state index in [-0.39, 0.29) is 19.1 Å². The monoisotopic (exact) mass is 529 g/mol. The molecule has 1 aliphatic heterocycles. The summed E-state index contributed by atoms with van der Waals surface area (Å²) in [4.78, 5) is 43.9. The summed E-state index contributed by atoms with van der Waals surface area (Å²) in [5.74, 6) is -1.58. The Morgan fingerprint density at radius 1 is 1.19 bits per heavy atom. The number of anilines is 1. The van der Waals surface area contributed by atoms with Crippen LogP contribution in [0.2, 0.25) is 5.02 Å². The molecule has 0 bridgehead atoms. The molecule has 2 aromatic carbocycles. The standard InChI is InChI=1S/C25H28ClN5O4S/c1-15-5-4-8-18-21(15)29-23(36-18)30-24(34)35-14-25(9-11-31(12-10-25)19(32)13-27)20(22(28)33)16-6-2-3-7-17(16)26/h2-8,20H,9-14,27H2,1H3,(H2,28,33)(H,29,30,34). The van der Waals surface area contributed by atoms with Gasteiger partial charge >= 0.3 is 6.09 Å². The summed E-state index contributed by atoms with van der Waals surface area (Å²) in [6.07, 6.45) is 0.0741. The zero-order chi connectivity index (χ0) is 25.9. The van der Waals surface area contributed by atoms with Gasteiger partial charge in [-0.1, -0.05) is 53.3 Å². The molecular weight excluding hydrogens is 502 g/mol. The minimum absolute atomic E-state index is 0.0910. The number of para-hydroxylation sites is 1. The smallest absolute Gasteiger partial charge is 0.413 e. The van der Waals surface area contributed by atoms with Crippen molar-refractivity contribution in [1.82, 2.24) is 9.88 Å². The molecule has 36 heavy (non-hydrogen) atoms. The number of carbonyl (C=O) groups excluding carboxylic acids is 3. The van der Waals surface area contributed by atoms with Crippen LogP contribution in [-0.2, 0) is 14.3 Å². The van der Waals surface area contributed by atoms with E-state index in [1.807, 2.05) is 25.1 Å². The number of aryl methyl sites for hydroxylation is 1. The fourth-order valence-corrected chi connectivity index (χ4v) is 5.99. The molecule has 3 aromatic rings. The molecule has 0 spiro atoms. The Balaban J connectivity index is 1.57. The first-order chi connectivity index (χ1) is 17.2. The van der Waals surface area contributed by atoms with Gasteiger partial charge in [-0.25, -0.2) is 9.78 Å². The molecule has 11 heteroatoms. The molecule has 0 saturated carbocycles. The summed E-state index contributed by atoms with van der Waals surface area (Å²) < 4.78 is 6.62. The normalized spacial score (nSPS) is 15.9. The van der Waals surface area contributed by atoms with Crippen molar-refractivity contribution in [1.29, 1.82) is 0 Å². The number of hydrogen-bond acceptors (Lipinski definition) is 7. The van der Waals surface area contributed by atoms with E-state index in [1.165, 1.54) is 11.3 Å². The van der Waals surface area contributed by atoms with E-state index in [2.05, 4.69) is 10.3 Å². The fourth-order valence-electron chi connectivity index (χ4n) is 4.81. The Labute approximate surface area is 217 Å². The maximum atomic E-state index is 12.8. The lowest BCUT2D eigenvalue weighted by atomic mass is 9.66. The number of nitrogens with two attached hydrogens (primary N) is 2. The van der Waals surface area contributed by atoms with Crippen LogP contribution in [0.4, 0.5) is 9.93 Å². The first kappa shape index (κ1) is 25.9. The molecule has 1 aromatic heterocycles. The number of amides is 3. The molecule has 3 amide bonds. The number of nitrogens with one attached hydrogen (secondary N) is 1. The quantitative estimate of drug-likeness (QED) is 0.426. The van der Waals surface area contributed by atoms with Gasteiger partial charge in [-0.3, -0.25) is 14.9 Å². The van der Waals surface area contributed by atoms with Crippen molar-refractivity contribution in [3.8, 4) is 0 Å². The number of primary amides is 1. The van der Waals surface area contributed by atoms with Gasteiger partial charge in [-0.05, 0) is 43.0 Å². The highest BCUT2D eigenvalue weighted by molar-refractivity contribution is 7.22. The van der Waals surface area contributed by atoms with E-state index in [4.69, 9.17) is 27.8 Å². The fraction of sp³-hybridized carbons (Fsp3) is 0.360. The second kappa shape index (κ2) is 10.8.